The molecule has 0 radical (unpaired) electrons. The lowest BCUT2D eigenvalue weighted by Crippen LogP contribution is -2.03. The lowest BCUT2D eigenvalue weighted by atomic mass is 10.1. The Morgan fingerprint density at radius 1 is 1.30 bits per heavy atom. The van der Waals surface area contributed by atoms with Crippen molar-refractivity contribution in [3.8, 4) is 18.2 Å². The first kappa shape index (κ1) is 15.2. The minimum absolute atomic E-state index is 0.108. The van der Waals surface area contributed by atoms with Crippen LogP contribution in [-0.2, 0) is 0 Å². The predicted molar refractivity (Wildman–Crippen MR) is 73.0 cm³/mol. The van der Waals surface area contributed by atoms with Crippen LogP contribution in [0.25, 0.3) is 0 Å². The van der Waals surface area contributed by atoms with E-state index in [-0.39, 0.29) is 17.0 Å². The molecular formula is C12H6BrN5O2. The molecule has 7 nitrogen and oxygen atoms in total. The zero-order valence-corrected chi connectivity index (χ0v) is 11.7. The van der Waals surface area contributed by atoms with E-state index < -0.39 is 4.92 Å². The van der Waals surface area contributed by atoms with Gasteiger partial charge in [-0.2, -0.15) is 15.8 Å². The Morgan fingerprint density at radius 3 is 2.30 bits per heavy atom. The topological polar surface area (TPSA) is 127 Å². The van der Waals surface area contributed by atoms with Gasteiger partial charge in [-0.05, 0) is 28.4 Å². The first-order valence-electron chi connectivity index (χ1n) is 5.10. The number of nitro groups is 1. The third kappa shape index (κ3) is 3.11. The van der Waals surface area contributed by atoms with Crippen LogP contribution in [0, 0.1) is 51.0 Å². The Bertz CT molecular complexity index is 695. The largest absolute Gasteiger partial charge is 0.344 e. The van der Waals surface area contributed by atoms with Crippen molar-refractivity contribution in [2.45, 2.75) is 6.92 Å². The monoisotopic (exact) mass is 331 g/mol. The molecule has 98 valence electrons. The van der Waals surface area contributed by atoms with Gasteiger partial charge >= 0.3 is 0 Å². The highest BCUT2D eigenvalue weighted by Crippen LogP contribution is 2.32. The molecule has 0 fully saturated rings. The third-order valence-electron chi connectivity index (χ3n) is 2.32. The van der Waals surface area contributed by atoms with Crippen LogP contribution in [0.15, 0.2) is 27.9 Å². The van der Waals surface area contributed by atoms with Crippen molar-refractivity contribution in [2.24, 2.45) is 0 Å². The summed E-state index contributed by atoms with van der Waals surface area (Å²) < 4.78 is 0.354. The van der Waals surface area contributed by atoms with Crippen LogP contribution in [0.5, 0.6) is 0 Å². The molecule has 1 N–H and O–H groups in total. The van der Waals surface area contributed by atoms with E-state index in [9.17, 15) is 10.1 Å². The van der Waals surface area contributed by atoms with Gasteiger partial charge in [0.25, 0.3) is 5.69 Å². The summed E-state index contributed by atoms with van der Waals surface area (Å²) in [4.78, 5) is 10.2. The zero-order chi connectivity index (χ0) is 15.3. The fraction of sp³-hybridized carbons (Fsp3) is 0.0833. The number of hydrogen-bond acceptors (Lipinski definition) is 6. The molecule has 20 heavy (non-hydrogen) atoms. The highest BCUT2D eigenvalue weighted by atomic mass is 79.9. The van der Waals surface area contributed by atoms with Gasteiger partial charge in [-0.1, -0.05) is 0 Å². The average Bonchev–Trinajstić information content (AvgIpc) is 2.41. The van der Waals surface area contributed by atoms with Gasteiger partial charge in [-0.3, -0.25) is 10.1 Å². The predicted octanol–water partition coefficient (Wildman–Crippen LogP) is 2.90. The molecule has 0 saturated carbocycles. The highest BCUT2D eigenvalue weighted by Gasteiger charge is 2.15. The lowest BCUT2D eigenvalue weighted by Gasteiger charge is -2.10. The maximum Gasteiger partial charge on any atom is 0.270 e. The number of anilines is 1. The molecule has 0 aliphatic carbocycles. The molecule has 8 heteroatoms. The molecule has 1 aromatic rings. The van der Waals surface area contributed by atoms with E-state index in [4.69, 9.17) is 15.8 Å². The van der Waals surface area contributed by atoms with E-state index in [1.807, 2.05) is 0 Å². The maximum absolute atomic E-state index is 10.7. The van der Waals surface area contributed by atoms with Gasteiger partial charge in [-0.25, -0.2) is 0 Å². The summed E-state index contributed by atoms with van der Waals surface area (Å²) in [5, 5.41) is 39.8. The summed E-state index contributed by atoms with van der Waals surface area (Å²) in [5.41, 5.74) is 0.192. The zero-order valence-electron chi connectivity index (χ0n) is 10.1. The molecule has 0 amide bonds. The standard InChI is InChI=1S/C12H6BrN5O2/c1-7-2-9(18(19)20)3-10(13)12(7)17-11(6-16)8(4-14)5-15/h2-3,17H,1H3. The number of halogens is 1. The van der Waals surface area contributed by atoms with E-state index in [2.05, 4.69) is 21.2 Å². The van der Waals surface area contributed by atoms with Gasteiger partial charge in [0, 0.05) is 16.6 Å². The van der Waals surface area contributed by atoms with Crippen molar-refractivity contribution in [1.82, 2.24) is 0 Å². The fourth-order valence-electron chi connectivity index (χ4n) is 1.40. The number of benzene rings is 1. The Morgan fingerprint density at radius 2 is 1.90 bits per heavy atom. The molecular weight excluding hydrogens is 326 g/mol. The Balaban J connectivity index is 3.35. The van der Waals surface area contributed by atoms with Crippen LogP contribution in [0.3, 0.4) is 0 Å². The van der Waals surface area contributed by atoms with Crippen molar-refractivity contribution in [2.75, 3.05) is 5.32 Å². The number of nitriles is 3. The second-order valence-electron chi connectivity index (χ2n) is 3.59. The summed E-state index contributed by atoms with van der Waals surface area (Å²) in [6.07, 6.45) is 0. The van der Waals surface area contributed by atoms with Gasteiger partial charge in [0.05, 0.1) is 10.6 Å². The number of hydrogen-bond donors (Lipinski definition) is 1. The van der Waals surface area contributed by atoms with Crippen molar-refractivity contribution in [1.29, 1.82) is 15.8 Å². The molecule has 0 bridgehead atoms. The minimum atomic E-state index is -0.543. The van der Waals surface area contributed by atoms with Gasteiger partial charge < -0.3 is 5.32 Å². The van der Waals surface area contributed by atoms with E-state index in [1.54, 1.807) is 25.1 Å². The summed E-state index contributed by atoms with van der Waals surface area (Å²) in [6.45, 7) is 1.60. The Kier molecular flexibility index (Phi) is 4.80. The van der Waals surface area contributed by atoms with E-state index in [0.29, 0.717) is 15.7 Å². The van der Waals surface area contributed by atoms with E-state index in [0.717, 1.165) is 0 Å². The second kappa shape index (κ2) is 6.33. The molecule has 0 aliphatic rings. The number of nitro benzene ring substituents is 1. The molecule has 1 rings (SSSR count). The number of aryl methyl sites for hydroxylation is 1. The maximum atomic E-state index is 10.7. The first-order chi connectivity index (χ1) is 9.44. The van der Waals surface area contributed by atoms with Crippen LogP contribution in [0.1, 0.15) is 5.56 Å². The Hall–Kier alpha value is -2.89. The molecule has 0 aromatic heterocycles. The number of rotatable bonds is 3. The van der Waals surface area contributed by atoms with Gasteiger partial charge in [0.1, 0.15) is 23.9 Å². The third-order valence-corrected chi connectivity index (χ3v) is 2.94. The van der Waals surface area contributed by atoms with E-state index in [1.165, 1.54) is 12.1 Å². The molecule has 0 saturated heterocycles. The Labute approximate surface area is 122 Å². The van der Waals surface area contributed by atoms with Crippen LogP contribution in [0.4, 0.5) is 11.4 Å². The van der Waals surface area contributed by atoms with Crippen LogP contribution in [-0.4, -0.2) is 4.92 Å². The van der Waals surface area contributed by atoms with Gasteiger partial charge in [-0.15, -0.1) is 0 Å². The number of allylic oxidation sites excluding steroid dienone is 2. The van der Waals surface area contributed by atoms with E-state index >= 15 is 0 Å². The number of non-ortho nitro benzene ring substituents is 1. The second-order valence-corrected chi connectivity index (χ2v) is 4.44. The highest BCUT2D eigenvalue weighted by molar-refractivity contribution is 9.10. The van der Waals surface area contributed by atoms with Crippen molar-refractivity contribution in [3.05, 3.63) is 43.6 Å². The summed E-state index contributed by atoms with van der Waals surface area (Å²) in [5.74, 6) is 0. The normalized spacial score (nSPS) is 8.75. The van der Waals surface area contributed by atoms with Gasteiger partial charge in [0.2, 0.25) is 0 Å². The molecule has 0 unspecified atom stereocenters. The summed E-state index contributed by atoms with van der Waals surface area (Å²) >= 11 is 3.15. The molecule has 0 atom stereocenters. The van der Waals surface area contributed by atoms with Crippen molar-refractivity contribution in [3.63, 3.8) is 0 Å². The molecule has 0 aliphatic heterocycles. The summed E-state index contributed by atoms with van der Waals surface area (Å²) in [7, 11) is 0. The smallest absolute Gasteiger partial charge is 0.270 e. The average molecular weight is 332 g/mol. The quantitative estimate of drug-likeness (QED) is 0.515. The molecule has 0 heterocycles. The first-order valence-corrected chi connectivity index (χ1v) is 5.90. The van der Waals surface area contributed by atoms with Crippen molar-refractivity contribution < 1.29 is 4.92 Å². The van der Waals surface area contributed by atoms with Crippen molar-refractivity contribution >= 4 is 27.3 Å². The van der Waals surface area contributed by atoms with Crippen LogP contribution >= 0.6 is 15.9 Å². The summed E-state index contributed by atoms with van der Waals surface area (Å²) in [6, 6.07) is 7.50. The molecule has 1 aromatic carbocycles. The van der Waals surface area contributed by atoms with Crippen LogP contribution in [0.2, 0.25) is 0 Å². The lowest BCUT2D eigenvalue weighted by molar-refractivity contribution is -0.385. The number of nitrogens with zero attached hydrogens (tertiary/aromatic N) is 4. The van der Waals surface area contributed by atoms with Crippen LogP contribution < -0.4 is 5.32 Å². The van der Waals surface area contributed by atoms with Gasteiger partial charge in [0.15, 0.2) is 5.57 Å². The number of nitrogens with one attached hydrogen (secondary N) is 1. The fourth-order valence-corrected chi connectivity index (χ4v) is 2.04. The molecule has 0 spiro atoms. The minimum Gasteiger partial charge on any atom is -0.344 e. The SMILES string of the molecule is Cc1cc([N+](=O)[O-])cc(Br)c1NC(C#N)=C(C#N)C#N.